The highest BCUT2D eigenvalue weighted by atomic mass is 16.2. The van der Waals surface area contributed by atoms with E-state index >= 15 is 0 Å². The number of amides is 2. The molecule has 4 nitrogen and oxygen atoms in total. The Bertz CT molecular complexity index is 642. The minimum atomic E-state index is -0.00821. The molecule has 200 valence electrons. The van der Waals surface area contributed by atoms with Gasteiger partial charge in [-0.05, 0) is 30.7 Å². The molecular formula is C31H54N2O2. The summed E-state index contributed by atoms with van der Waals surface area (Å²) in [7, 11) is 0. The van der Waals surface area contributed by atoms with Crippen molar-refractivity contribution in [2.45, 2.75) is 149 Å². The van der Waals surface area contributed by atoms with Crippen molar-refractivity contribution < 1.29 is 9.59 Å². The van der Waals surface area contributed by atoms with Gasteiger partial charge in [-0.3, -0.25) is 9.59 Å². The molecular weight excluding hydrogens is 432 g/mol. The average Bonchev–Trinajstić information content (AvgIpc) is 2.86. The van der Waals surface area contributed by atoms with E-state index in [4.69, 9.17) is 0 Å². The minimum absolute atomic E-state index is 0.00821. The van der Waals surface area contributed by atoms with E-state index in [9.17, 15) is 9.59 Å². The van der Waals surface area contributed by atoms with Crippen LogP contribution in [0.5, 0.6) is 0 Å². The molecule has 0 aliphatic carbocycles. The zero-order valence-electron chi connectivity index (χ0n) is 23.0. The molecule has 35 heavy (non-hydrogen) atoms. The first-order chi connectivity index (χ1) is 17.2. The average molecular weight is 487 g/mol. The van der Waals surface area contributed by atoms with E-state index in [0.29, 0.717) is 12.8 Å². The lowest BCUT2D eigenvalue weighted by Crippen LogP contribution is -2.12. The van der Waals surface area contributed by atoms with Gasteiger partial charge < -0.3 is 10.6 Å². The van der Waals surface area contributed by atoms with Gasteiger partial charge in [0.15, 0.2) is 0 Å². The molecule has 0 saturated carbocycles. The third kappa shape index (κ3) is 19.1. The van der Waals surface area contributed by atoms with Gasteiger partial charge in [0.2, 0.25) is 11.8 Å². The van der Waals surface area contributed by atoms with E-state index in [1.165, 1.54) is 109 Å². The number of rotatable bonds is 23. The van der Waals surface area contributed by atoms with Crippen LogP contribution in [0.4, 0.5) is 11.4 Å². The lowest BCUT2D eigenvalue weighted by molar-refractivity contribution is -0.117. The molecule has 1 rings (SSSR count). The first-order valence-corrected chi connectivity index (χ1v) is 14.9. The number of benzene rings is 1. The summed E-state index contributed by atoms with van der Waals surface area (Å²) < 4.78 is 0. The molecule has 0 aliphatic heterocycles. The molecule has 0 aromatic heterocycles. The first kappa shape index (κ1) is 31.2. The molecule has 1 aromatic rings. The predicted octanol–water partition coefficient (Wildman–Crippen LogP) is 9.80. The zero-order valence-corrected chi connectivity index (χ0v) is 23.0. The van der Waals surface area contributed by atoms with Crippen LogP contribution in [-0.4, -0.2) is 11.8 Å². The predicted molar refractivity (Wildman–Crippen MR) is 152 cm³/mol. The van der Waals surface area contributed by atoms with E-state index in [1.807, 2.05) is 31.2 Å². The Morgan fingerprint density at radius 1 is 0.486 bits per heavy atom. The molecule has 0 spiro atoms. The summed E-state index contributed by atoms with van der Waals surface area (Å²) in [5, 5.41) is 5.75. The molecule has 4 heteroatoms. The second-order valence-electron chi connectivity index (χ2n) is 10.1. The highest BCUT2D eigenvalue weighted by Gasteiger charge is 2.04. The van der Waals surface area contributed by atoms with Crippen LogP contribution in [0.15, 0.2) is 24.3 Å². The summed E-state index contributed by atoms with van der Waals surface area (Å²) in [5.74, 6) is 0.0634. The molecule has 0 atom stereocenters. The molecule has 2 N–H and O–H groups in total. The van der Waals surface area contributed by atoms with Crippen LogP contribution in [0.1, 0.15) is 149 Å². The van der Waals surface area contributed by atoms with Gasteiger partial charge in [-0.1, -0.05) is 129 Å². The summed E-state index contributed by atoms with van der Waals surface area (Å²) in [6.45, 7) is 4.11. The lowest BCUT2D eigenvalue weighted by Gasteiger charge is -2.07. The van der Waals surface area contributed by atoms with Crippen LogP contribution in [0.3, 0.4) is 0 Å². The van der Waals surface area contributed by atoms with E-state index in [2.05, 4.69) is 17.6 Å². The van der Waals surface area contributed by atoms with Crippen LogP contribution in [0.25, 0.3) is 0 Å². The Kier molecular flexibility index (Phi) is 20.2. The van der Waals surface area contributed by atoms with Crippen molar-refractivity contribution in [3.8, 4) is 0 Å². The Hall–Kier alpha value is -1.84. The lowest BCUT2D eigenvalue weighted by atomic mass is 10.0. The Morgan fingerprint density at radius 3 is 1.14 bits per heavy atom. The first-order valence-electron chi connectivity index (χ1n) is 14.9. The van der Waals surface area contributed by atoms with Crippen molar-refractivity contribution >= 4 is 23.2 Å². The fourth-order valence-electron chi connectivity index (χ4n) is 4.47. The molecule has 0 bridgehead atoms. The van der Waals surface area contributed by atoms with E-state index < -0.39 is 0 Å². The highest BCUT2D eigenvalue weighted by molar-refractivity contribution is 5.92. The summed E-state index contributed by atoms with van der Waals surface area (Å²) >= 11 is 0. The van der Waals surface area contributed by atoms with Crippen molar-refractivity contribution in [2.75, 3.05) is 10.6 Å². The summed E-state index contributed by atoms with van der Waals surface area (Å²) in [6.07, 6.45) is 26.9. The van der Waals surface area contributed by atoms with Gasteiger partial charge in [0.25, 0.3) is 0 Å². The summed E-state index contributed by atoms with van der Waals surface area (Å²) in [5.41, 5.74) is 1.54. The van der Waals surface area contributed by atoms with Gasteiger partial charge in [0.05, 0.1) is 0 Å². The Morgan fingerprint density at radius 2 is 0.800 bits per heavy atom. The van der Waals surface area contributed by atoms with Crippen LogP contribution in [0.2, 0.25) is 0 Å². The normalized spacial score (nSPS) is 10.9. The van der Waals surface area contributed by atoms with Crippen molar-refractivity contribution in [3.63, 3.8) is 0 Å². The molecule has 0 fully saturated rings. The maximum absolute atomic E-state index is 12.1. The van der Waals surface area contributed by atoms with Gasteiger partial charge in [0.1, 0.15) is 0 Å². The minimum Gasteiger partial charge on any atom is -0.326 e. The molecule has 2 amide bonds. The van der Waals surface area contributed by atoms with Crippen LogP contribution in [0, 0.1) is 0 Å². The third-order valence-corrected chi connectivity index (χ3v) is 6.78. The van der Waals surface area contributed by atoms with Gasteiger partial charge in [-0.15, -0.1) is 0 Å². The number of carbonyl (C=O) groups is 2. The molecule has 0 aliphatic rings. The molecule has 1 aromatic carbocycles. The third-order valence-electron chi connectivity index (χ3n) is 6.78. The van der Waals surface area contributed by atoms with Crippen LogP contribution in [-0.2, 0) is 9.59 Å². The topological polar surface area (TPSA) is 58.2 Å². The summed E-state index contributed by atoms with van der Waals surface area (Å²) in [4.78, 5) is 23.5. The highest BCUT2D eigenvalue weighted by Crippen LogP contribution is 2.16. The van der Waals surface area contributed by atoms with Gasteiger partial charge >= 0.3 is 0 Å². The van der Waals surface area contributed by atoms with Crippen molar-refractivity contribution in [2.24, 2.45) is 0 Å². The standard InChI is InChI=1S/C31H54N2O2/c1-3-5-6-7-8-9-10-11-12-13-14-15-16-17-18-19-20-21-22-23-31(35)33-29-26-24-28(25-27-29)32-30(34)4-2/h24-27H,3-23H2,1-2H3,(H,32,34)(H,33,35). The van der Waals surface area contributed by atoms with E-state index in [1.54, 1.807) is 0 Å². The smallest absolute Gasteiger partial charge is 0.224 e. The fraction of sp³-hybridized carbons (Fsp3) is 0.742. The number of carbonyl (C=O) groups excluding carboxylic acids is 2. The largest absolute Gasteiger partial charge is 0.326 e. The zero-order chi connectivity index (χ0) is 25.4. The fourth-order valence-corrected chi connectivity index (χ4v) is 4.47. The van der Waals surface area contributed by atoms with Crippen molar-refractivity contribution in [1.82, 2.24) is 0 Å². The van der Waals surface area contributed by atoms with Crippen molar-refractivity contribution in [3.05, 3.63) is 24.3 Å². The number of nitrogens with one attached hydrogen (secondary N) is 2. The number of unbranched alkanes of at least 4 members (excludes halogenated alkanes) is 18. The maximum Gasteiger partial charge on any atom is 0.224 e. The maximum atomic E-state index is 12.1. The van der Waals surface area contributed by atoms with Crippen LogP contribution < -0.4 is 10.6 Å². The van der Waals surface area contributed by atoms with Gasteiger partial charge in [-0.2, -0.15) is 0 Å². The SMILES string of the molecule is CCCCCCCCCCCCCCCCCCCCCC(=O)Nc1ccc(NC(=O)CC)cc1. The molecule has 0 unspecified atom stereocenters. The molecule has 0 radical (unpaired) electrons. The monoisotopic (exact) mass is 486 g/mol. The van der Waals surface area contributed by atoms with E-state index in [-0.39, 0.29) is 11.8 Å². The van der Waals surface area contributed by atoms with E-state index in [0.717, 1.165) is 24.2 Å². The Balaban J connectivity index is 1.84. The number of hydrogen-bond acceptors (Lipinski definition) is 2. The number of anilines is 2. The summed E-state index contributed by atoms with van der Waals surface area (Å²) in [6, 6.07) is 7.31. The van der Waals surface area contributed by atoms with Gasteiger partial charge in [-0.25, -0.2) is 0 Å². The Labute approximate surface area is 216 Å². The quantitative estimate of drug-likeness (QED) is 0.151. The second-order valence-corrected chi connectivity index (χ2v) is 10.1. The second kappa shape index (κ2) is 22.6. The van der Waals surface area contributed by atoms with Gasteiger partial charge in [0, 0.05) is 24.2 Å². The molecule has 0 heterocycles. The number of hydrogen-bond donors (Lipinski definition) is 2. The molecule has 0 saturated heterocycles. The van der Waals surface area contributed by atoms with Crippen molar-refractivity contribution in [1.29, 1.82) is 0 Å². The van der Waals surface area contributed by atoms with Crippen LogP contribution >= 0.6 is 0 Å².